The van der Waals surface area contributed by atoms with Gasteiger partial charge < -0.3 is 0 Å². The van der Waals surface area contributed by atoms with Crippen molar-refractivity contribution in [3.8, 4) is 5.75 Å². The van der Waals surface area contributed by atoms with Gasteiger partial charge in [0.1, 0.15) is 0 Å². The van der Waals surface area contributed by atoms with Crippen LogP contribution in [-0.4, -0.2) is 8.11 Å². The van der Waals surface area contributed by atoms with Gasteiger partial charge in [0.2, 0.25) is 0 Å². The van der Waals surface area contributed by atoms with Gasteiger partial charge in [-0.2, -0.15) is 0 Å². The largest absolute Gasteiger partial charge is 0.147 e. The zero-order valence-corrected chi connectivity index (χ0v) is 21.7. The van der Waals surface area contributed by atoms with Gasteiger partial charge >= 0.3 is 140 Å². The molecule has 24 heavy (non-hydrogen) atoms. The second kappa shape index (κ2) is 7.72. The van der Waals surface area contributed by atoms with Gasteiger partial charge in [0.15, 0.2) is 0 Å². The monoisotopic (exact) mass is 423 g/mol. The molecule has 0 bridgehead atoms. The van der Waals surface area contributed by atoms with E-state index >= 15 is 0 Å². The molecule has 0 aliphatic heterocycles. The number of aryl methyl sites for hydroxylation is 2. The van der Waals surface area contributed by atoms with E-state index in [9.17, 15) is 0 Å². The Morgan fingerprint density at radius 2 is 1.33 bits per heavy atom. The molecule has 1 unspecified atom stereocenters. The second-order valence-corrected chi connectivity index (χ2v) is 30.9. The van der Waals surface area contributed by atoms with Gasteiger partial charge in [0.25, 0.3) is 0 Å². The molecule has 1 aliphatic carbocycles. The van der Waals surface area contributed by atoms with E-state index in [1.54, 1.807) is 3.88 Å². The molecular weight excluding hydrogens is 391 g/mol. The molecule has 0 radical (unpaired) electrons. The van der Waals surface area contributed by atoms with Crippen molar-refractivity contribution in [2.45, 2.75) is 52.0 Å². The molecule has 0 saturated heterocycles. The Labute approximate surface area is 164 Å². The van der Waals surface area contributed by atoms with E-state index in [2.05, 4.69) is 70.2 Å². The summed E-state index contributed by atoms with van der Waals surface area (Å²) < 4.78 is 8.49. The number of rotatable bonds is 3. The van der Waals surface area contributed by atoms with Crippen LogP contribution in [0.25, 0.3) is 0 Å². The summed E-state index contributed by atoms with van der Waals surface area (Å²) >= 11 is -3.06. The van der Waals surface area contributed by atoms with Crippen LogP contribution >= 0.6 is 24.8 Å². The van der Waals surface area contributed by atoms with Crippen molar-refractivity contribution in [1.82, 2.24) is 0 Å². The molecule has 1 aliphatic rings. The van der Waals surface area contributed by atoms with Crippen molar-refractivity contribution in [2.75, 3.05) is 0 Å². The summed E-state index contributed by atoms with van der Waals surface area (Å²) in [6.07, 6.45) is 0. The maximum Gasteiger partial charge on any atom is -0.147 e. The fourth-order valence-corrected chi connectivity index (χ4v) is 15.1. The summed E-state index contributed by atoms with van der Waals surface area (Å²) in [5.41, 5.74) is 7.10. The summed E-state index contributed by atoms with van der Waals surface area (Å²) in [6, 6.07) is 6.61. The van der Waals surface area contributed by atoms with Crippen LogP contribution in [0.4, 0.5) is 0 Å². The molecule has 5 heteroatoms. The van der Waals surface area contributed by atoms with Crippen molar-refractivity contribution in [2.24, 2.45) is 5.92 Å². The third-order valence-corrected chi connectivity index (χ3v) is 13.9. The topological polar surface area (TPSA) is 9.23 Å². The van der Waals surface area contributed by atoms with Crippen LogP contribution < -0.4 is 3.32 Å². The molecule has 0 N–H and O–H groups in total. The van der Waals surface area contributed by atoms with E-state index in [1.807, 2.05) is 0 Å². The summed E-state index contributed by atoms with van der Waals surface area (Å²) in [5.74, 6) is 1.62. The van der Waals surface area contributed by atoms with Crippen molar-refractivity contribution in [1.29, 1.82) is 0 Å². The predicted molar refractivity (Wildman–Crippen MR) is 113 cm³/mol. The molecule has 0 saturated carbocycles. The molecule has 1 aromatic rings. The first-order valence-electron chi connectivity index (χ1n) is 8.29. The molecule has 137 valence electrons. The standard InChI is InChI=1S/C9H13.C8H10O.2CH3.2ClH.H3Si.Ti/c1-6-5-7(2)9(4)8(6)3;1-6-3-7(2)5-8(9)4-6;;;;;;/h6H,1-4H3;3-5,9H,1-2H3;2*1H3;2*1H;1H3;/q;;;;;;;+1/p-1. The Hall–Kier alpha value is 0.0112. The summed E-state index contributed by atoms with van der Waals surface area (Å²) in [7, 11) is 1.12. The molecule has 0 fully saturated rings. The molecular formula is C19H33Cl2OSiTi. The van der Waals surface area contributed by atoms with Crippen molar-refractivity contribution >= 4 is 32.9 Å². The summed E-state index contributed by atoms with van der Waals surface area (Å²) in [6.45, 7) is 13.5. The fourth-order valence-electron chi connectivity index (χ4n) is 4.20. The first-order valence-corrected chi connectivity index (χ1v) is 18.5. The maximum absolute atomic E-state index is 6.84. The number of hydrogen-bond acceptors (Lipinski definition) is 1. The minimum absolute atomic E-state index is 0. The van der Waals surface area contributed by atoms with Crippen molar-refractivity contribution in [3.63, 3.8) is 0 Å². The minimum atomic E-state index is -3.06. The molecule has 0 heterocycles. The van der Waals surface area contributed by atoms with Crippen LogP contribution in [0.3, 0.4) is 0 Å². The van der Waals surface area contributed by atoms with E-state index in [4.69, 9.17) is 3.32 Å². The average molecular weight is 424 g/mol. The van der Waals surface area contributed by atoms with E-state index in [1.165, 1.54) is 27.8 Å². The third kappa shape index (κ3) is 4.59. The number of halogens is 2. The van der Waals surface area contributed by atoms with Crippen LogP contribution in [0, 0.1) is 19.8 Å². The number of allylic oxidation sites excluding steroid dienone is 4. The van der Waals surface area contributed by atoms with E-state index in [0.717, 1.165) is 13.9 Å². The van der Waals surface area contributed by atoms with Crippen molar-refractivity contribution in [3.05, 3.63) is 49.9 Å². The Kier molecular flexibility index (Phi) is 7.72. The van der Waals surface area contributed by atoms with Crippen LogP contribution in [0.2, 0.25) is 10.5 Å². The minimum Gasteiger partial charge on any atom is -0.147 e. The summed E-state index contributed by atoms with van der Waals surface area (Å²) in [5, 5.41) is 4.92. The summed E-state index contributed by atoms with van der Waals surface area (Å²) in [4.78, 5) is 0. The Morgan fingerprint density at radius 3 is 1.71 bits per heavy atom. The zero-order valence-electron chi connectivity index (χ0n) is 16.5. The number of hydrogen-bond donors (Lipinski definition) is 0. The Bertz CT molecular complexity index is 679. The van der Waals surface area contributed by atoms with Crippen LogP contribution in [-0.2, 0) is 14.9 Å². The van der Waals surface area contributed by atoms with E-state index < -0.39 is 14.9 Å². The SMILES string of the molecule is CC1=C(C)C(C)[C]([Ti]([CH3])([CH3])([SiH3])[O]c2cc(C)cc(C)c2)=C1C.Cl.Cl. The maximum atomic E-state index is 6.84. The third-order valence-electron chi connectivity index (χ3n) is 5.23. The van der Waals surface area contributed by atoms with Crippen LogP contribution in [0.1, 0.15) is 38.8 Å². The Morgan fingerprint density at radius 1 is 0.875 bits per heavy atom. The quantitative estimate of drug-likeness (QED) is 0.560. The molecule has 1 nitrogen and oxygen atoms in total. The number of benzene rings is 1. The van der Waals surface area contributed by atoms with Gasteiger partial charge in [0, 0.05) is 0 Å². The van der Waals surface area contributed by atoms with E-state index in [0.29, 0.717) is 5.92 Å². The van der Waals surface area contributed by atoms with Crippen LogP contribution in [0.15, 0.2) is 38.8 Å². The molecule has 0 spiro atoms. The smallest absolute Gasteiger partial charge is 0.147 e. The molecule has 2 rings (SSSR count). The predicted octanol–water partition coefficient (Wildman–Crippen LogP) is 5.77. The normalized spacial score (nSPS) is 19.5. The Balaban J connectivity index is 0.00000264. The van der Waals surface area contributed by atoms with Gasteiger partial charge in [0.05, 0.1) is 0 Å². The van der Waals surface area contributed by atoms with Gasteiger partial charge in [-0.15, -0.1) is 24.8 Å². The van der Waals surface area contributed by atoms with Gasteiger partial charge in [-0.1, -0.05) is 0 Å². The fraction of sp³-hybridized carbons (Fsp3) is 0.474. The van der Waals surface area contributed by atoms with Gasteiger partial charge in [-0.3, -0.25) is 0 Å². The van der Waals surface area contributed by atoms with Crippen LogP contribution in [0.5, 0.6) is 5.75 Å². The second-order valence-electron chi connectivity index (χ2n) is 8.46. The van der Waals surface area contributed by atoms with Gasteiger partial charge in [-0.25, -0.2) is 0 Å². The zero-order chi connectivity index (χ0) is 16.9. The molecule has 1 atom stereocenters. The molecule has 1 aromatic carbocycles. The van der Waals surface area contributed by atoms with Gasteiger partial charge in [-0.05, 0) is 0 Å². The average Bonchev–Trinajstić information content (AvgIpc) is 2.51. The molecule has 0 amide bonds. The van der Waals surface area contributed by atoms with Crippen molar-refractivity contribution < 1.29 is 18.3 Å². The van der Waals surface area contributed by atoms with E-state index in [-0.39, 0.29) is 24.8 Å². The molecule has 0 aromatic heterocycles. The first kappa shape index (κ1) is 24.0. The first-order chi connectivity index (χ1) is 9.90.